The number of sulfonamides is 1. The molecule has 12 heteroatoms. The minimum Gasteiger partial charge on any atom is -0.494 e. The molecule has 0 aliphatic carbocycles. The van der Waals surface area contributed by atoms with Crippen molar-refractivity contribution in [1.82, 2.24) is 14.9 Å². The molecular formula is C26H23Cl2N5O3S2. The van der Waals surface area contributed by atoms with Crippen molar-refractivity contribution >= 4 is 61.9 Å². The van der Waals surface area contributed by atoms with Crippen LogP contribution in [0.15, 0.2) is 79.1 Å². The van der Waals surface area contributed by atoms with Crippen molar-refractivity contribution in [1.29, 1.82) is 0 Å². The standard InChI is InChI=1S/C26H23Cl2N5O3S2/c1-36-23-15-17(9-10-19(23)31-38(2,34)35)33-25(24(30-26(33)37)20-6-3-4-12-29-20)22-7-5-13-32(22)21-11-8-16(27)14-18(21)28/h3-15,24-25,31H,1-2H3,(H,30,37). The maximum absolute atomic E-state index is 11.9. The van der Waals surface area contributed by atoms with E-state index in [0.29, 0.717) is 32.3 Å². The van der Waals surface area contributed by atoms with Crippen molar-refractivity contribution in [3.8, 4) is 11.4 Å². The highest BCUT2D eigenvalue weighted by Gasteiger charge is 2.42. The summed E-state index contributed by atoms with van der Waals surface area (Å²) in [5.41, 5.74) is 3.50. The molecule has 0 radical (unpaired) electrons. The van der Waals surface area contributed by atoms with Gasteiger partial charge in [0, 0.05) is 34.9 Å². The van der Waals surface area contributed by atoms with Gasteiger partial charge in [-0.15, -0.1) is 0 Å². The molecule has 1 aliphatic rings. The van der Waals surface area contributed by atoms with Gasteiger partial charge in [0.25, 0.3) is 0 Å². The third-order valence-corrected chi connectivity index (χ3v) is 7.55. The number of nitrogens with zero attached hydrogens (tertiary/aromatic N) is 3. The van der Waals surface area contributed by atoms with E-state index in [1.807, 2.05) is 52.1 Å². The molecule has 2 N–H and O–H groups in total. The van der Waals surface area contributed by atoms with Crippen LogP contribution in [0, 0.1) is 0 Å². The van der Waals surface area contributed by atoms with Crippen LogP contribution in [-0.2, 0) is 10.0 Å². The predicted octanol–water partition coefficient (Wildman–Crippen LogP) is 5.74. The predicted molar refractivity (Wildman–Crippen MR) is 155 cm³/mol. The molecule has 8 nitrogen and oxygen atoms in total. The highest BCUT2D eigenvalue weighted by atomic mass is 35.5. The first-order chi connectivity index (χ1) is 18.2. The number of pyridine rings is 1. The molecule has 3 heterocycles. The van der Waals surface area contributed by atoms with Crippen molar-refractivity contribution in [2.45, 2.75) is 12.1 Å². The van der Waals surface area contributed by atoms with Crippen molar-refractivity contribution < 1.29 is 13.2 Å². The molecule has 0 spiro atoms. The van der Waals surface area contributed by atoms with Crippen molar-refractivity contribution in [2.75, 3.05) is 23.0 Å². The molecule has 2 unspecified atom stereocenters. The summed E-state index contributed by atoms with van der Waals surface area (Å²) in [5.74, 6) is 0.354. The van der Waals surface area contributed by atoms with Gasteiger partial charge in [0.1, 0.15) is 11.8 Å². The molecule has 2 atom stereocenters. The van der Waals surface area contributed by atoms with E-state index in [9.17, 15) is 8.42 Å². The number of nitrogens with one attached hydrogen (secondary N) is 2. The molecular weight excluding hydrogens is 565 g/mol. The first-order valence-corrected chi connectivity index (χ1v) is 14.5. The highest BCUT2D eigenvalue weighted by Crippen LogP contribution is 2.44. The number of hydrogen-bond donors (Lipinski definition) is 2. The number of benzene rings is 2. The van der Waals surface area contributed by atoms with E-state index in [4.69, 9.17) is 40.2 Å². The van der Waals surface area contributed by atoms with E-state index in [1.165, 1.54) is 7.11 Å². The minimum absolute atomic E-state index is 0.303. The zero-order valence-electron chi connectivity index (χ0n) is 20.3. The summed E-state index contributed by atoms with van der Waals surface area (Å²) < 4.78 is 33.7. The average Bonchev–Trinajstić information content (AvgIpc) is 3.48. The molecule has 1 aliphatic heterocycles. The molecule has 1 saturated heterocycles. The Morgan fingerprint density at radius 2 is 1.89 bits per heavy atom. The summed E-state index contributed by atoms with van der Waals surface area (Å²) in [5, 5.41) is 4.95. The molecule has 0 saturated carbocycles. The summed E-state index contributed by atoms with van der Waals surface area (Å²) in [6, 6.07) is 19.6. The van der Waals surface area contributed by atoms with Gasteiger partial charge in [-0.2, -0.15) is 0 Å². The van der Waals surface area contributed by atoms with Gasteiger partial charge in [-0.05, 0) is 66.8 Å². The SMILES string of the molecule is COc1cc(N2C(=S)NC(c3ccccn3)C2c2cccn2-c2ccc(Cl)cc2Cl)ccc1NS(C)(=O)=O. The lowest BCUT2D eigenvalue weighted by Gasteiger charge is -2.29. The number of rotatable bonds is 7. The lowest BCUT2D eigenvalue weighted by molar-refractivity contribution is 0.417. The number of methoxy groups -OCH3 is 1. The maximum Gasteiger partial charge on any atom is 0.229 e. The highest BCUT2D eigenvalue weighted by molar-refractivity contribution is 7.92. The van der Waals surface area contributed by atoms with Gasteiger partial charge in [0.15, 0.2) is 5.11 Å². The van der Waals surface area contributed by atoms with Crippen LogP contribution in [-0.4, -0.2) is 36.4 Å². The number of thiocarbonyl (C=S) groups is 1. The largest absolute Gasteiger partial charge is 0.494 e. The summed E-state index contributed by atoms with van der Waals surface area (Å²) in [6.45, 7) is 0. The Morgan fingerprint density at radius 1 is 1.08 bits per heavy atom. The smallest absolute Gasteiger partial charge is 0.229 e. The monoisotopic (exact) mass is 587 g/mol. The van der Waals surface area contributed by atoms with Gasteiger partial charge in [-0.3, -0.25) is 9.71 Å². The second-order valence-electron chi connectivity index (χ2n) is 8.65. The fourth-order valence-electron chi connectivity index (χ4n) is 4.58. The number of aromatic nitrogens is 2. The van der Waals surface area contributed by atoms with Crippen LogP contribution in [0.3, 0.4) is 0 Å². The molecule has 1 fully saturated rings. The van der Waals surface area contributed by atoms with E-state index >= 15 is 0 Å². The van der Waals surface area contributed by atoms with Crippen LogP contribution < -0.4 is 19.7 Å². The molecule has 0 amide bonds. The first kappa shape index (κ1) is 26.3. The Bertz CT molecular complexity index is 1610. The van der Waals surface area contributed by atoms with Crippen LogP contribution in [0.2, 0.25) is 10.0 Å². The van der Waals surface area contributed by atoms with Gasteiger partial charge in [0.2, 0.25) is 10.0 Å². The molecule has 2 aromatic heterocycles. The van der Waals surface area contributed by atoms with Crippen molar-refractivity contribution in [3.05, 3.63) is 101 Å². The summed E-state index contributed by atoms with van der Waals surface area (Å²) in [6.07, 6.45) is 4.76. The van der Waals surface area contributed by atoms with Gasteiger partial charge in [-0.25, -0.2) is 8.42 Å². The Balaban J connectivity index is 1.66. The van der Waals surface area contributed by atoms with E-state index in [1.54, 1.807) is 36.5 Å². The normalized spacial score (nSPS) is 17.4. The van der Waals surface area contributed by atoms with Crippen molar-refractivity contribution in [2.24, 2.45) is 0 Å². The van der Waals surface area contributed by atoms with Crippen LogP contribution in [0.25, 0.3) is 5.69 Å². The zero-order chi connectivity index (χ0) is 27.0. The van der Waals surface area contributed by atoms with Gasteiger partial charge < -0.3 is 19.5 Å². The second-order valence-corrected chi connectivity index (χ2v) is 11.6. The Labute approximate surface area is 236 Å². The third-order valence-electron chi connectivity index (χ3n) is 6.11. The lowest BCUT2D eigenvalue weighted by Crippen LogP contribution is -2.30. The van der Waals surface area contributed by atoms with E-state index in [2.05, 4.69) is 15.0 Å². The van der Waals surface area contributed by atoms with Crippen molar-refractivity contribution in [3.63, 3.8) is 0 Å². The Kier molecular flexibility index (Phi) is 7.23. The minimum atomic E-state index is -3.50. The Hall–Kier alpha value is -3.31. The topological polar surface area (TPSA) is 88.5 Å². The van der Waals surface area contributed by atoms with Crippen LogP contribution >= 0.6 is 35.4 Å². The fourth-order valence-corrected chi connectivity index (χ4v) is 5.99. The molecule has 2 aromatic carbocycles. The van der Waals surface area contributed by atoms with Gasteiger partial charge in [-0.1, -0.05) is 29.3 Å². The number of ether oxygens (including phenoxy) is 1. The first-order valence-electron chi connectivity index (χ1n) is 11.5. The van der Waals surface area contributed by atoms with E-state index < -0.39 is 10.0 Å². The van der Waals surface area contributed by atoms with Crippen LogP contribution in [0.5, 0.6) is 5.75 Å². The quantitative estimate of drug-likeness (QED) is 0.267. The molecule has 38 heavy (non-hydrogen) atoms. The summed E-state index contributed by atoms with van der Waals surface area (Å²) in [7, 11) is -2.02. The Morgan fingerprint density at radius 3 is 2.58 bits per heavy atom. The van der Waals surface area contributed by atoms with E-state index in [-0.39, 0.29) is 12.1 Å². The zero-order valence-corrected chi connectivity index (χ0v) is 23.4. The summed E-state index contributed by atoms with van der Waals surface area (Å²) in [4.78, 5) is 6.57. The fraction of sp³-hybridized carbons (Fsp3) is 0.154. The average molecular weight is 589 g/mol. The second kappa shape index (κ2) is 10.5. The number of hydrogen-bond acceptors (Lipinski definition) is 5. The maximum atomic E-state index is 11.9. The van der Waals surface area contributed by atoms with Crippen LogP contribution in [0.1, 0.15) is 23.5 Å². The molecule has 0 bridgehead atoms. The lowest BCUT2D eigenvalue weighted by atomic mass is 10.0. The van der Waals surface area contributed by atoms with Gasteiger partial charge >= 0.3 is 0 Å². The summed E-state index contributed by atoms with van der Waals surface area (Å²) >= 11 is 18.6. The van der Waals surface area contributed by atoms with E-state index in [0.717, 1.165) is 23.3 Å². The molecule has 196 valence electrons. The molecule has 4 aromatic rings. The van der Waals surface area contributed by atoms with Crippen LogP contribution in [0.4, 0.5) is 11.4 Å². The molecule has 5 rings (SSSR count). The third kappa shape index (κ3) is 5.17. The number of anilines is 2. The van der Waals surface area contributed by atoms with Gasteiger partial charge in [0.05, 0.1) is 41.5 Å². The number of halogens is 2.